The molecule has 1 fully saturated rings. The van der Waals surface area contributed by atoms with Gasteiger partial charge in [0.15, 0.2) is 0 Å². The van der Waals surface area contributed by atoms with Crippen LogP contribution in [0.25, 0.3) is 5.69 Å². The molecular weight excluding hydrogens is 364 g/mol. The lowest BCUT2D eigenvalue weighted by Crippen LogP contribution is -2.47. The molecule has 2 aromatic heterocycles. The smallest absolute Gasteiger partial charge is 0.225 e. The van der Waals surface area contributed by atoms with E-state index in [-0.39, 0.29) is 0 Å². The average molecular weight is 384 g/mol. The van der Waals surface area contributed by atoms with Gasteiger partial charge in [-0.3, -0.25) is 4.90 Å². The van der Waals surface area contributed by atoms with Gasteiger partial charge in [0.05, 0.1) is 19.5 Å². The molecule has 1 aliphatic heterocycles. The first kappa shape index (κ1) is 17.6. The number of rotatable bonds is 5. The summed E-state index contributed by atoms with van der Waals surface area (Å²) in [5, 5.41) is 8.42. The van der Waals surface area contributed by atoms with E-state index in [9.17, 15) is 0 Å². The number of hydrogen-bond donors (Lipinski definition) is 0. The molecule has 27 heavy (non-hydrogen) atoms. The van der Waals surface area contributed by atoms with Crippen LogP contribution in [0.2, 0.25) is 0 Å². The van der Waals surface area contributed by atoms with Gasteiger partial charge in [-0.15, -0.1) is 0 Å². The molecule has 0 aliphatic carbocycles. The number of tetrazole rings is 1. The Balaban J connectivity index is 1.41. The minimum absolute atomic E-state index is 0.564. The molecule has 1 aromatic carbocycles. The highest BCUT2D eigenvalue weighted by atomic mass is 32.1. The van der Waals surface area contributed by atoms with Crippen LogP contribution in [0.3, 0.4) is 0 Å². The van der Waals surface area contributed by atoms with Crippen molar-refractivity contribution < 1.29 is 4.74 Å². The first-order chi connectivity index (χ1) is 13.2. The van der Waals surface area contributed by atoms with Crippen molar-refractivity contribution in [3.63, 3.8) is 0 Å². The van der Waals surface area contributed by atoms with E-state index in [1.54, 1.807) is 28.9 Å². The summed E-state index contributed by atoms with van der Waals surface area (Å²) in [5.74, 6) is 1.57. The van der Waals surface area contributed by atoms with Crippen molar-refractivity contribution in [3.05, 3.63) is 47.5 Å². The van der Waals surface area contributed by atoms with E-state index >= 15 is 0 Å². The highest BCUT2D eigenvalue weighted by molar-refractivity contribution is 7.71. The van der Waals surface area contributed by atoms with Crippen LogP contribution in [-0.4, -0.2) is 67.9 Å². The van der Waals surface area contributed by atoms with Gasteiger partial charge in [0.25, 0.3) is 0 Å². The highest BCUT2D eigenvalue weighted by Gasteiger charge is 2.19. The molecule has 9 nitrogen and oxygen atoms in total. The van der Waals surface area contributed by atoms with E-state index < -0.39 is 0 Å². The van der Waals surface area contributed by atoms with E-state index in [4.69, 9.17) is 17.0 Å². The minimum atomic E-state index is 0.564. The van der Waals surface area contributed by atoms with E-state index in [1.807, 2.05) is 30.3 Å². The van der Waals surface area contributed by atoms with Crippen molar-refractivity contribution >= 4 is 18.2 Å². The van der Waals surface area contributed by atoms with Crippen LogP contribution in [-0.2, 0) is 6.67 Å². The molecule has 0 spiro atoms. The minimum Gasteiger partial charge on any atom is -0.497 e. The maximum Gasteiger partial charge on any atom is 0.225 e. The molecule has 0 saturated carbocycles. The van der Waals surface area contributed by atoms with E-state index in [0.29, 0.717) is 11.4 Å². The third-order valence-electron chi connectivity index (χ3n) is 4.50. The average Bonchev–Trinajstić information content (AvgIpc) is 3.09. The second-order valence-electron chi connectivity index (χ2n) is 6.17. The summed E-state index contributed by atoms with van der Waals surface area (Å²) in [6, 6.07) is 9.40. The lowest BCUT2D eigenvalue weighted by atomic mass is 10.3. The normalized spacial score (nSPS) is 15.1. The Labute approximate surface area is 161 Å². The summed E-state index contributed by atoms with van der Waals surface area (Å²) in [4.78, 5) is 13.1. The molecule has 0 atom stereocenters. The summed E-state index contributed by atoms with van der Waals surface area (Å²) in [6.07, 6.45) is 3.54. The fourth-order valence-corrected chi connectivity index (χ4v) is 3.22. The molecule has 0 radical (unpaired) electrons. The maximum atomic E-state index is 5.55. The van der Waals surface area contributed by atoms with Crippen LogP contribution < -0.4 is 9.64 Å². The number of methoxy groups -OCH3 is 1. The Morgan fingerprint density at radius 1 is 1.00 bits per heavy atom. The number of anilines is 1. The standard InChI is InChI=1S/C17H20N8OS/c1-26-15-5-3-14(4-6-15)25-17(27)24(20-21-25)13-22-9-11-23(12-10-22)16-18-7-2-8-19-16/h2-8H,9-13H2,1H3. The van der Waals surface area contributed by atoms with Crippen molar-refractivity contribution in [2.75, 3.05) is 38.2 Å². The Hall–Kier alpha value is -2.85. The summed E-state index contributed by atoms with van der Waals surface area (Å²) < 4.78 is 9.15. The third-order valence-corrected chi connectivity index (χ3v) is 4.88. The van der Waals surface area contributed by atoms with Gasteiger partial charge in [0, 0.05) is 38.6 Å². The predicted octanol–water partition coefficient (Wildman–Crippen LogP) is 1.38. The van der Waals surface area contributed by atoms with Crippen molar-refractivity contribution in [1.82, 2.24) is 34.7 Å². The third kappa shape index (κ3) is 3.81. The molecule has 3 heterocycles. The second-order valence-corrected chi connectivity index (χ2v) is 6.53. The van der Waals surface area contributed by atoms with Crippen LogP contribution in [0.4, 0.5) is 5.95 Å². The Bertz CT molecular complexity index is 932. The number of hydrogen-bond acceptors (Lipinski definition) is 8. The topological polar surface area (TPSA) is 77.1 Å². The second kappa shape index (κ2) is 7.80. The molecule has 3 aromatic rings. The molecule has 1 saturated heterocycles. The number of ether oxygens (including phenoxy) is 1. The van der Waals surface area contributed by atoms with Gasteiger partial charge >= 0.3 is 0 Å². The van der Waals surface area contributed by atoms with Gasteiger partial charge in [-0.2, -0.15) is 4.68 Å². The first-order valence-electron chi connectivity index (χ1n) is 8.66. The van der Waals surface area contributed by atoms with Crippen LogP contribution in [0, 0.1) is 4.77 Å². The first-order valence-corrected chi connectivity index (χ1v) is 9.07. The van der Waals surface area contributed by atoms with Crippen LogP contribution >= 0.6 is 12.2 Å². The molecule has 140 valence electrons. The quantitative estimate of drug-likeness (QED) is 0.611. The summed E-state index contributed by atoms with van der Waals surface area (Å²) >= 11 is 5.55. The molecule has 1 aliphatic rings. The fourth-order valence-electron chi connectivity index (χ4n) is 2.98. The van der Waals surface area contributed by atoms with Crippen molar-refractivity contribution in [1.29, 1.82) is 0 Å². The van der Waals surface area contributed by atoms with Crippen LogP contribution in [0.5, 0.6) is 5.75 Å². The van der Waals surface area contributed by atoms with Crippen molar-refractivity contribution in [2.24, 2.45) is 0 Å². The molecular formula is C17H20N8OS. The van der Waals surface area contributed by atoms with Gasteiger partial charge in [0.2, 0.25) is 10.7 Å². The highest BCUT2D eigenvalue weighted by Crippen LogP contribution is 2.15. The lowest BCUT2D eigenvalue weighted by Gasteiger charge is -2.34. The molecule has 0 N–H and O–H groups in total. The zero-order valence-corrected chi connectivity index (χ0v) is 15.8. The predicted molar refractivity (Wildman–Crippen MR) is 103 cm³/mol. The maximum absolute atomic E-state index is 5.55. The van der Waals surface area contributed by atoms with Gasteiger partial charge in [-0.1, -0.05) is 0 Å². The van der Waals surface area contributed by atoms with Gasteiger partial charge in [-0.05, 0) is 53.0 Å². The molecule has 0 bridgehead atoms. The Morgan fingerprint density at radius 2 is 1.70 bits per heavy atom. The zero-order valence-electron chi connectivity index (χ0n) is 15.0. The van der Waals surface area contributed by atoms with Crippen LogP contribution in [0.15, 0.2) is 42.7 Å². The van der Waals surface area contributed by atoms with Gasteiger partial charge in [0.1, 0.15) is 5.75 Å². The SMILES string of the molecule is COc1ccc(-n2nnn(CN3CCN(c4ncccn4)CC3)c2=S)cc1. The fraction of sp³-hybridized carbons (Fsp3) is 0.353. The van der Waals surface area contributed by atoms with Crippen LogP contribution in [0.1, 0.15) is 0 Å². The number of aromatic nitrogens is 6. The number of piperazine rings is 1. The van der Waals surface area contributed by atoms with Gasteiger partial charge < -0.3 is 9.64 Å². The van der Waals surface area contributed by atoms with E-state index in [1.165, 1.54) is 0 Å². The monoisotopic (exact) mass is 384 g/mol. The lowest BCUT2D eigenvalue weighted by molar-refractivity contribution is 0.192. The van der Waals surface area contributed by atoms with Gasteiger partial charge in [-0.25, -0.2) is 14.6 Å². The van der Waals surface area contributed by atoms with E-state index in [0.717, 1.165) is 43.6 Å². The van der Waals surface area contributed by atoms with E-state index in [2.05, 4.69) is 30.2 Å². The molecule has 10 heteroatoms. The summed E-state index contributed by atoms with van der Waals surface area (Å²) in [6.45, 7) is 4.11. The van der Waals surface area contributed by atoms with Crippen molar-refractivity contribution in [3.8, 4) is 11.4 Å². The summed E-state index contributed by atoms with van der Waals surface area (Å²) in [5.41, 5.74) is 0.859. The molecule has 4 rings (SSSR count). The largest absolute Gasteiger partial charge is 0.497 e. The molecule has 0 amide bonds. The summed E-state index contributed by atoms with van der Waals surface area (Å²) in [7, 11) is 1.64. The Morgan fingerprint density at radius 3 is 2.37 bits per heavy atom. The molecule has 0 unspecified atom stereocenters. The number of nitrogens with zero attached hydrogens (tertiary/aromatic N) is 8. The zero-order chi connectivity index (χ0) is 18.6. The Kier molecular flexibility index (Phi) is 5.07. The number of benzene rings is 1. The van der Waals surface area contributed by atoms with Crippen molar-refractivity contribution in [2.45, 2.75) is 6.67 Å².